The van der Waals surface area contributed by atoms with Gasteiger partial charge in [-0.2, -0.15) is 0 Å². The van der Waals surface area contributed by atoms with Crippen molar-refractivity contribution in [2.45, 2.75) is 5.75 Å². The maximum absolute atomic E-state index is 11.9. The highest BCUT2D eigenvalue weighted by Crippen LogP contribution is 2.05. The lowest BCUT2D eigenvalue weighted by Crippen LogP contribution is -2.33. The molecule has 5 nitrogen and oxygen atoms in total. The Balaban J connectivity index is 1.85. The quantitative estimate of drug-likeness (QED) is 0.853. The number of anilines is 1. The Morgan fingerprint density at radius 2 is 1.48 bits per heavy atom. The molecule has 0 spiro atoms. The average Bonchev–Trinajstić information content (AvgIpc) is 2.47. The van der Waals surface area contributed by atoms with Gasteiger partial charge in [0.15, 0.2) is 0 Å². The van der Waals surface area contributed by atoms with E-state index in [1.54, 1.807) is 48.5 Å². The van der Waals surface area contributed by atoms with E-state index in [4.69, 9.17) is 0 Å². The van der Waals surface area contributed by atoms with Crippen LogP contribution in [-0.2, 0) is 20.6 Å². The molecule has 110 valence electrons. The third-order valence-corrected chi connectivity index (χ3v) is 4.01. The van der Waals surface area contributed by atoms with Crippen LogP contribution in [0.25, 0.3) is 0 Å². The van der Waals surface area contributed by atoms with Crippen LogP contribution in [-0.4, -0.2) is 20.9 Å². The van der Waals surface area contributed by atoms with Gasteiger partial charge in [-0.15, -0.1) is 0 Å². The van der Waals surface area contributed by atoms with E-state index in [0.29, 0.717) is 11.3 Å². The molecule has 0 aromatic heterocycles. The first-order chi connectivity index (χ1) is 10.1. The molecule has 0 aliphatic carbocycles. The van der Waals surface area contributed by atoms with Crippen LogP contribution in [0.5, 0.6) is 0 Å². The van der Waals surface area contributed by atoms with Crippen LogP contribution in [0.3, 0.4) is 0 Å². The molecule has 0 saturated heterocycles. The molecule has 2 aromatic rings. The highest BCUT2D eigenvalue weighted by Gasteiger charge is 2.13. The van der Waals surface area contributed by atoms with Crippen LogP contribution in [0, 0.1) is 0 Å². The Hall–Kier alpha value is -2.18. The number of sulfonamides is 1. The normalized spacial score (nSPS) is 11.0. The number of nitrogens with one attached hydrogen (secondary N) is 2. The average molecular weight is 304 g/mol. The van der Waals surface area contributed by atoms with Crippen molar-refractivity contribution in [3.63, 3.8) is 0 Å². The van der Waals surface area contributed by atoms with Crippen molar-refractivity contribution in [1.29, 1.82) is 0 Å². The van der Waals surface area contributed by atoms with E-state index in [1.807, 2.05) is 12.1 Å². The van der Waals surface area contributed by atoms with Crippen LogP contribution in [0.4, 0.5) is 5.69 Å². The second-order valence-corrected chi connectivity index (χ2v) is 6.29. The molecule has 0 atom stereocenters. The standard InChI is InChI=1S/C15H16N2O3S/c18-15(17-14-9-5-2-6-10-14)11-16-21(19,20)12-13-7-3-1-4-8-13/h1-10,16H,11-12H2,(H,17,18). The minimum atomic E-state index is -3.53. The number of carbonyl (C=O) groups excluding carboxylic acids is 1. The van der Waals surface area contributed by atoms with Crippen molar-refractivity contribution in [2.24, 2.45) is 0 Å². The molecule has 6 heteroatoms. The Morgan fingerprint density at radius 3 is 2.10 bits per heavy atom. The summed E-state index contributed by atoms with van der Waals surface area (Å²) in [6.07, 6.45) is 0. The fraction of sp³-hybridized carbons (Fsp3) is 0.133. The van der Waals surface area contributed by atoms with Gasteiger partial charge in [-0.25, -0.2) is 13.1 Å². The molecule has 0 heterocycles. The maximum Gasteiger partial charge on any atom is 0.239 e. The summed E-state index contributed by atoms with van der Waals surface area (Å²) in [6, 6.07) is 17.7. The lowest BCUT2D eigenvalue weighted by atomic mass is 10.2. The summed E-state index contributed by atoms with van der Waals surface area (Å²) in [5.74, 6) is -0.551. The monoisotopic (exact) mass is 304 g/mol. The third-order valence-electron chi connectivity index (χ3n) is 2.71. The zero-order chi connectivity index (χ0) is 15.1. The smallest absolute Gasteiger partial charge is 0.239 e. The number of rotatable bonds is 6. The first-order valence-corrected chi connectivity index (χ1v) is 8.06. The van der Waals surface area contributed by atoms with E-state index < -0.39 is 15.9 Å². The molecule has 2 aromatic carbocycles. The fourth-order valence-electron chi connectivity index (χ4n) is 1.75. The topological polar surface area (TPSA) is 75.3 Å². The first kappa shape index (κ1) is 15.2. The number of hydrogen-bond donors (Lipinski definition) is 2. The van der Waals surface area contributed by atoms with Crippen LogP contribution in [0.2, 0.25) is 0 Å². The van der Waals surface area contributed by atoms with E-state index in [0.717, 1.165) is 0 Å². The Kier molecular flexibility index (Phi) is 5.08. The SMILES string of the molecule is O=C(CNS(=O)(=O)Cc1ccccc1)Nc1ccccc1. The number of carbonyl (C=O) groups is 1. The second-order valence-electron chi connectivity index (χ2n) is 4.48. The van der Waals surface area contributed by atoms with Crippen molar-refractivity contribution in [3.05, 3.63) is 66.2 Å². The van der Waals surface area contributed by atoms with Crippen molar-refractivity contribution < 1.29 is 13.2 Å². The summed E-state index contributed by atoms with van der Waals surface area (Å²) in [4.78, 5) is 11.7. The first-order valence-electron chi connectivity index (χ1n) is 6.41. The highest BCUT2D eigenvalue weighted by atomic mass is 32.2. The summed E-state index contributed by atoms with van der Waals surface area (Å²) in [5.41, 5.74) is 1.30. The van der Waals surface area contributed by atoms with Gasteiger partial charge >= 0.3 is 0 Å². The Morgan fingerprint density at radius 1 is 0.905 bits per heavy atom. The van der Waals surface area contributed by atoms with Crippen molar-refractivity contribution in [1.82, 2.24) is 4.72 Å². The predicted octanol–water partition coefficient (Wildman–Crippen LogP) is 1.74. The van der Waals surface area contributed by atoms with Gasteiger partial charge in [0.2, 0.25) is 15.9 Å². The molecule has 0 fully saturated rings. The summed E-state index contributed by atoms with van der Waals surface area (Å²) < 4.78 is 26.0. The van der Waals surface area contributed by atoms with Gasteiger partial charge in [-0.05, 0) is 17.7 Å². The minimum absolute atomic E-state index is 0.146. The van der Waals surface area contributed by atoms with Gasteiger partial charge in [0.25, 0.3) is 0 Å². The fourth-order valence-corrected chi connectivity index (χ4v) is 2.83. The molecule has 0 bridgehead atoms. The van der Waals surface area contributed by atoms with Crippen LogP contribution < -0.4 is 10.0 Å². The van der Waals surface area contributed by atoms with Gasteiger partial charge in [-0.1, -0.05) is 48.5 Å². The summed E-state index contributed by atoms with van der Waals surface area (Å²) in [7, 11) is -3.53. The van der Waals surface area contributed by atoms with Crippen LogP contribution in [0.1, 0.15) is 5.56 Å². The molecular formula is C15H16N2O3S. The predicted molar refractivity (Wildman–Crippen MR) is 82.1 cm³/mol. The lowest BCUT2D eigenvalue weighted by molar-refractivity contribution is -0.115. The Bertz CT molecular complexity index is 685. The summed E-state index contributed by atoms with van der Waals surface area (Å²) in [6.45, 7) is -0.288. The van der Waals surface area contributed by atoms with E-state index in [1.165, 1.54) is 0 Å². The van der Waals surface area contributed by atoms with Gasteiger partial charge < -0.3 is 5.32 Å². The van der Waals surface area contributed by atoms with Crippen molar-refractivity contribution >= 4 is 21.6 Å². The zero-order valence-electron chi connectivity index (χ0n) is 11.3. The summed E-state index contributed by atoms with van der Waals surface area (Å²) in [5, 5.41) is 2.61. The van der Waals surface area contributed by atoms with Crippen LogP contribution >= 0.6 is 0 Å². The molecule has 2 N–H and O–H groups in total. The molecule has 0 unspecified atom stereocenters. The summed E-state index contributed by atoms with van der Waals surface area (Å²) >= 11 is 0. The van der Waals surface area contributed by atoms with Gasteiger partial charge in [0, 0.05) is 5.69 Å². The second kappa shape index (κ2) is 7.01. The molecule has 0 aliphatic heterocycles. The largest absolute Gasteiger partial charge is 0.325 e. The van der Waals surface area contributed by atoms with Gasteiger partial charge in [0.1, 0.15) is 0 Å². The molecule has 0 aliphatic rings. The van der Waals surface area contributed by atoms with Crippen molar-refractivity contribution in [2.75, 3.05) is 11.9 Å². The third kappa shape index (κ3) is 5.37. The molecule has 0 saturated carbocycles. The van der Waals surface area contributed by atoms with Gasteiger partial charge in [-0.3, -0.25) is 4.79 Å². The number of benzene rings is 2. The van der Waals surface area contributed by atoms with Crippen molar-refractivity contribution in [3.8, 4) is 0 Å². The van der Waals surface area contributed by atoms with E-state index >= 15 is 0 Å². The molecule has 21 heavy (non-hydrogen) atoms. The molecule has 0 radical (unpaired) electrons. The van der Waals surface area contributed by atoms with E-state index in [9.17, 15) is 13.2 Å². The number of hydrogen-bond acceptors (Lipinski definition) is 3. The molecular weight excluding hydrogens is 288 g/mol. The molecule has 1 amide bonds. The Labute approximate surface area is 124 Å². The maximum atomic E-state index is 11.9. The number of amides is 1. The van der Waals surface area contributed by atoms with E-state index in [2.05, 4.69) is 10.0 Å². The van der Waals surface area contributed by atoms with Gasteiger partial charge in [0.05, 0.1) is 12.3 Å². The lowest BCUT2D eigenvalue weighted by Gasteiger charge is -2.08. The highest BCUT2D eigenvalue weighted by molar-refractivity contribution is 7.88. The number of para-hydroxylation sites is 1. The van der Waals surface area contributed by atoms with E-state index in [-0.39, 0.29) is 12.3 Å². The minimum Gasteiger partial charge on any atom is -0.325 e. The van der Waals surface area contributed by atoms with Crippen LogP contribution in [0.15, 0.2) is 60.7 Å². The molecule has 2 rings (SSSR count). The zero-order valence-corrected chi connectivity index (χ0v) is 12.1.